The van der Waals surface area contributed by atoms with Gasteiger partial charge >= 0.3 is 0 Å². The number of nitrogens with one attached hydrogen (secondary N) is 1. The summed E-state index contributed by atoms with van der Waals surface area (Å²) in [7, 11) is 0. The van der Waals surface area contributed by atoms with Gasteiger partial charge in [-0.3, -0.25) is 0 Å². The Labute approximate surface area is 117 Å². The van der Waals surface area contributed by atoms with Gasteiger partial charge in [-0.2, -0.15) is 0 Å². The van der Waals surface area contributed by atoms with Gasteiger partial charge in [-0.25, -0.2) is 0 Å². The Kier molecular flexibility index (Phi) is 4.87. The Hall–Kier alpha value is -1.02. The van der Waals surface area contributed by atoms with Gasteiger partial charge in [0.25, 0.3) is 0 Å². The Balaban J connectivity index is 1.98. The van der Waals surface area contributed by atoms with Gasteiger partial charge in [0.2, 0.25) is 0 Å². The minimum absolute atomic E-state index is 0.0703. The lowest BCUT2D eigenvalue weighted by atomic mass is 9.85. The molecular weight excluding hydrogens is 232 g/mol. The molecule has 0 radical (unpaired) electrons. The molecule has 1 aliphatic rings. The molecule has 0 unspecified atom stereocenters. The summed E-state index contributed by atoms with van der Waals surface area (Å²) in [5.41, 5.74) is 8.47. The maximum absolute atomic E-state index is 5.83. The Morgan fingerprint density at radius 1 is 1.05 bits per heavy atom. The van der Waals surface area contributed by atoms with Crippen LogP contribution in [0.4, 0.5) is 5.69 Å². The highest BCUT2D eigenvalue weighted by atomic mass is 14.9. The van der Waals surface area contributed by atoms with Gasteiger partial charge in [0, 0.05) is 23.7 Å². The van der Waals surface area contributed by atoms with Crippen molar-refractivity contribution in [3.63, 3.8) is 0 Å². The van der Waals surface area contributed by atoms with Crippen molar-refractivity contribution in [2.45, 2.75) is 63.8 Å². The number of rotatable bonds is 4. The van der Waals surface area contributed by atoms with Crippen LogP contribution in [-0.4, -0.2) is 12.6 Å². The molecule has 0 amide bonds. The first-order valence-corrected chi connectivity index (χ1v) is 7.69. The van der Waals surface area contributed by atoms with Crippen molar-refractivity contribution < 1.29 is 0 Å². The lowest BCUT2D eigenvalue weighted by molar-refractivity contribution is 0.539. The largest absolute Gasteiger partial charge is 0.382 e. The minimum atomic E-state index is 0.0703. The van der Waals surface area contributed by atoms with E-state index in [0.717, 1.165) is 0 Å². The molecule has 2 nitrogen and oxygen atoms in total. The molecule has 19 heavy (non-hydrogen) atoms. The zero-order valence-electron chi connectivity index (χ0n) is 12.4. The standard InChI is InChI=1S/C17H28N2/c1-17(2,13-18)14-9-11-16(12-10-14)19-15-7-5-3-4-6-8-15/h9-12,15,19H,3-8,13,18H2,1-2H3. The van der Waals surface area contributed by atoms with Gasteiger partial charge in [-0.05, 0) is 30.5 Å². The zero-order chi connectivity index (χ0) is 13.7. The third-order valence-corrected chi connectivity index (χ3v) is 4.40. The molecule has 0 bridgehead atoms. The first kappa shape index (κ1) is 14.4. The van der Waals surface area contributed by atoms with Gasteiger partial charge in [0.1, 0.15) is 0 Å². The number of hydrogen-bond donors (Lipinski definition) is 2. The van der Waals surface area contributed by atoms with Crippen molar-refractivity contribution in [3.05, 3.63) is 29.8 Å². The average molecular weight is 260 g/mol. The summed E-state index contributed by atoms with van der Waals surface area (Å²) in [6.45, 7) is 5.07. The molecule has 3 N–H and O–H groups in total. The molecule has 1 saturated carbocycles. The first-order valence-electron chi connectivity index (χ1n) is 7.69. The van der Waals surface area contributed by atoms with Crippen LogP contribution in [0.5, 0.6) is 0 Å². The number of nitrogens with two attached hydrogens (primary N) is 1. The van der Waals surface area contributed by atoms with E-state index in [1.807, 2.05) is 0 Å². The number of hydrogen-bond acceptors (Lipinski definition) is 2. The molecular formula is C17H28N2. The summed E-state index contributed by atoms with van der Waals surface area (Å²) in [5.74, 6) is 0. The van der Waals surface area contributed by atoms with E-state index < -0.39 is 0 Å². The second kappa shape index (κ2) is 6.42. The van der Waals surface area contributed by atoms with E-state index in [0.29, 0.717) is 12.6 Å². The second-order valence-corrected chi connectivity index (χ2v) is 6.50. The van der Waals surface area contributed by atoms with E-state index in [9.17, 15) is 0 Å². The summed E-state index contributed by atoms with van der Waals surface area (Å²) >= 11 is 0. The molecule has 2 heteroatoms. The molecule has 1 fully saturated rings. The lowest BCUT2D eigenvalue weighted by Crippen LogP contribution is -2.28. The third kappa shape index (κ3) is 3.97. The Bertz CT molecular complexity index is 373. The zero-order valence-corrected chi connectivity index (χ0v) is 12.4. The molecule has 106 valence electrons. The normalized spacial score (nSPS) is 18.1. The van der Waals surface area contributed by atoms with Crippen molar-refractivity contribution in [2.24, 2.45) is 5.73 Å². The van der Waals surface area contributed by atoms with E-state index in [4.69, 9.17) is 5.73 Å². The lowest BCUT2D eigenvalue weighted by Gasteiger charge is -2.24. The maximum Gasteiger partial charge on any atom is 0.0342 e. The predicted molar refractivity (Wildman–Crippen MR) is 83.6 cm³/mol. The highest BCUT2D eigenvalue weighted by Crippen LogP contribution is 2.25. The second-order valence-electron chi connectivity index (χ2n) is 6.50. The third-order valence-electron chi connectivity index (χ3n) is 4.40. The molecule has 0 saturated heterocycles. The Morgan fingerprint density at radius 2 is 1.63 bits per heavy atom. The van der Waals surface area contributed by atoms with Crippen molar-refractivity contribution in [1.29, 1.82) is 0 Å². The molecule has 0 aromatic heterocycles. The molecule has 0 heterocycles. The Morgan fingerprint density at radius 3 is 2.16 bits per heavy atom. The summed E-state index contributed by atoms with van der Waals surface area (Å²) in [5, 5.41) is 3.69. The van der Waals surface area contributed by atoms with Crippen LogP contribution in [0, 0.1) is 0 Å². The topological polar surface area (TPSA) is 38.0 Å². The van der Waals surface area contributed by atoms with Crippen LogP contribution in [0.1, 0.15) is 57.9 Å². The fourth-order valence-corrected chi connectivity index (χ4v) is 2.79. The van der Waals surface area contributed by atoms with E-state index in [-0.39, 0.29) is 5.41 Å². The maximum atomic E-state index is 5.83. The summed E-state index contributed by atoms with van der Waals surface area (Å²) in [6.07, 6.45) is 8.18. The first-order chi connectivity index (χ1) is 9.12. The van der Waals surface area contributed by atoms with Gasteiger partial charge < -0.3 is 11.1 Å². The number of anilines is 1. The van der Waals surface area contributed by atoms with Crippen LogP contribution >= 0.6 is 0 Å². The van der Waals surface area contributed by atoms with Crippen LogP contribution < -0.4 is 11.1 Å². The quantitative estimate of drug-likeness (QED) is 0.801. The van der Waals surface area contributed by atoms with Gasteiger partial charge in [0.05, 0.1) is 0 Å². The molecule has 2 rings (SSSR count). The van der Waals surface area contributed by atoms with Crippen molar-refractivity contribution in [1.82, 2.24) is 0 Å². The summed E-state index contributed by atoms with van der Waals surface area (Å²) in [4.78, 5) is 0. The molecule has 0 atom stereocenters. The van der Waals surface area contributed by atoms with Crippen molar-refractivity contribution in [2.75, 3.05) is 11.9 Å². The van der Waals surface area contributed by atoms with E-state index in [1.54, 1.807) is 0 Å². The smallest absolute Gasteiger partial charge is 0.0342 e. The van der Waals surface area contributed by atoms with Crippen LogP contribution in [0.2, 0.25) is 0 Å². The van der Waals surface area contributed by atoms with Gasteiger partial charge in [-0.15, -0.1) is 0 Å². The van der Waals surface area contributed by atoms with Crippen molar-refractivity contribution in [3.8, 4) is 0 Å². The van der Waals surface area contributed by atoms with Crippen LogP contribution in [0.15, 0.2) is 24.3 Å². The molecule has 1 aromatic rings. The number of benzene rings is 1. The fraction of sp³-hybridized carbons (Fsp3) is 0.647. The molecule has 1 aliphatic carbocycles. The minimum Gasteiger partial charge on any atom is -0.382 e. The predicted octanol–water partition coefficient (Wildman–Crippen LogP) is 4.06. The summed E-state index contributed by atoms with van der Waals surface area (Å²) in [6, 6.07) is 9.50. The van der Waals surface area contributed by atoms with Crippen LogP contribution in [-0.2, 0) is 5.41 Å². The molecule has 0 spiro atoms. The van der Waals surface area contributed by atoms with Gasteiger partial charge in [-0.1, -0.05) is 51.7 Å². The highest BCUT2D eigenvalue weighted by Gasteiger charge is 2.18. The summed E-state index contributed by atoms with van der Waals surface area (Å²) < 4.78 is 0. The van der Waals surface area contributed by atoms with E-state index >= 15 is 0 Å². The fourth-order valence-electron chi connectivity index (χ4n) is 2.79. The molecule has 1 aromatic carbocycles. The van der Waals surface area contributed by atoms with E-state index in [1.165, 1.54) is 49.8 Å². The van der Waals surface area contributed by atoms with Crippen LogP contribution in [0.25, 0.3) is 0 Å². The highest BCUT2D eigenvalue weighted by molar-refractivity contribution is 5.46. The SMILES string of the molecule is CC(C)(CN)c1ccc(NC2CCCCCC2)cc1. The van der Waals surface area contributed by atoms with E-state index in [2.05, 4.69) is 43.4 Å². The van der Waals surface area contributed by atoms with Gasteiger partial charge in [0.15, 0.2) is 0 Å². The monoisotopic (exact) mass is 260 g/mol. The van der Waals surface area contributed by atoms with Crippen LogP contribution in [0.3, 0.4) is 0 Å². The molecule has 0 aliphatic heterocycles. The average Bonchev–Trinajstić information content (AvgIpc) is 2.68. The van der Waals surface area contributed by atoms with Crippen molar-refractivity contribution >= 4 is 5.69 Å².